The Bertz CT molecular complexity index is 1400. The highest BCUT2D eigenvalue weighted by Crippen LogP contribution is 2.23. The van der Waals surface area contributed by atoms with Crippen LogP contribution in [-0.2, 0) is 27.1 Å². The van der Waals surface area contributed by atoms with Crippen LogP contribution in [0.15, 0.2) is 70.3 Å². The molecule has 0 aliphatic carbocycles. The number of aromatic nitrogens is 4. The van der Waals surface area contributed by atoms with Crippen molar-refractivity contribution in [3.8, 4) is 0 Å². The van der Waals surface area contributed by atoms with E-state index in [2.05, 4.69) is 34.5 Å². The number of hydrogen-bond acceptors (Lipinski definition) is 5. The summed E-state index contributed by atoms with van der Waals surface area (Å²) in [5.74, 6) is 0.739. The summed E-state index contributed by atoms with van der Waals surface area (Å²) in [5, 5.41) is 3.63. The fourth-order valence-electron chi connectivity index (χ4n) is 4.78. The maximum atomic E-state index is 13.2. The van der Waals surface area contributed by atoms with Gasteiger partial charge >= 0.3 is 5.69 Å². The molecule has 1 unspecified atom stereocenters. The second-order valence-corrected chi connectivity index (χ2v) is 8.98. The molecule has 8 nitrogen and oxygen atoms in total. The fourth-order valence-corrected chi connectivity index (χ4v) is 4.78. The van der Waals surface area contributed by atoms with E-state index in [1.807, 2.05) is 41.0 Å². The molecule has 0 spiro atoms. The van der Waals surface area contributed by atoms with Gasteiger partial charge in [0.15, 0.2) is 11.2 Å². The number of benzene rings is 2. The van der Waals surface area contributed by atoms with E-state index in [-0.39, 0.29) is 11.2 Å². The van der Waals surface area contributed by atoms with Gasteiger partial charge in [-0.1, -0.05) is 60.7 Å². The molecule has 1 saturated heterocycles. The summed E-state index contributed by atoms with van der Waals surface area (Å²) in [6, 6.07) is 20.9. The average Bonchev–Trinajstić information content (AvgIpc) is 3.25. The molecule has 0 radical (unpaired) electrons. The average molecular weight is 459 g/mol. The molecule has 0 bridgehead atoms. The maximum absolute atomic E-state index is 13.2. The Hall–Kier alpha value is -3.65. The van der Waals surface area contributed by atoms with Gasteiger partial charge in [0.05, 0.1) is 6.54 Å². The Morgan fingerprint density at radius 3 is 2.32 bits per heavy atom. The number of rotatable bonds is 6. The first-order valence-electron chi connectivity index (χ1n) is 11.8. The lowest BCUT2D eigenvalue weighted by atomic mass is 10.0. The Labute approximate surface area is 198 Å². The number of nitrogens with zero attached hydrogens (tertiary/aromatic N) is 5. The predicted molar refractivity (Wildman–Crippen MR) is 135 cm³/mol. The predicted octanol–water partition coefficient (Wildman–Crippen LogP) is 1.89. The zero-order chi connectivity index (χ0) is 23.7. The molecule has 1 atom stereocenters. The van der Waals surface area contributed by atoms with E-state index in [1.165, 1.54) is 17.2 Å². The molecule has 4 aromatic rings. The second kappa shape index (κ2) is 9.30. The Morgan fingerprint density at radius 1 is 0.941 bits per heavy atom. The van der Waals surface area contributed by atoms with E-state index in [4.69, 9.17) is 4.98 Å². The van der Waals surface area contributed by atoms with E-state index in [0.29, 0.717) is 23.8 Å². The van der Waals surface area contributed by atoms with Gasteiger partial charge in [0, 0.05) is 39.8 Å². The van der Waals surface area contributed by atoms with Crippen LogP contribution in [0.3, 0.4) is 0 Å². The van der Waals surface area contributed by atoms with Gasteiger partial charge in [-0.2, -0.15) is 4.98 Å². The minimum absolute atomic E-state index is 0.311. The van der Waals surface area contributed by atoms with Crippen LogP contribution in [0.2, 0.25) is 0 Å². The largest absolute Gasteiger partial charge is 0.339 e. The van der Waals surface area contributed by atoms with Crippen molar-refractivity contribution in [2.24, 2.45) is 14.1 Å². The van der Waals surface area contributed by atoms with Crippen molar-refractivity contribution in [3.05, 3.63) is 92.6 Å². The Morgan fingerprint density at radius 2 is 1.62 bits per heavy atom. The van der Waals surface area contributed by atoms with Gasteiger partial charge in [0.2, 0.25) is 5.95 Å². The zero-order valence-electron chi connectivity index (χ0n) is 19.6. The van der Waals surface area contributed by atoms with Gasteiger partial charge in [0.25, 0.3) is 5.56 Å². The molecule has 1 fully saturated rings. The number of imidazole rings is 1. The smallest absolute Gasteiger partial charge is 0.332 e. The summed E-state index contributed by atoms with van der Waals surface area (Å²) < 4.78 is 4.61. The third kappa shape index (κ3) is 4.17. The number of fused-ring (bicyclic) bond motifs is 1. The van der Waals surface area contributed by atoms with Crippen LogP contribution in [0.1, 0.15) is 17.5 Å². The quantitative estimate of drug-likeness (QED) is 0.478. The number of anilines is 1. The molecule has 2 aromatic carbocycles. The van der Waals surface area contributed by atoms with Crippen LogP contribution < -0.4 is 21.5 Å². The highest BCUT2D eigenvalue weighted by molar-refractivity contribution is 5.75. The van der Waals surface area contributed by atoms with Crippen LogP contribution in [0, 0.1) is 0 Å². The lowest BCUT2D eigenvalue weighted by Crippen LogP contribution is -2.51. The molecule has 2 aromatic heterocycles. The minimum Gasteiger partial charge on any atom is -0.339 e. The third-order valence-corrected chi connectivity index (χ3v) is 6.67. The molecule has 1 N–H and O–H groups in total. The summed E-state index contributed by atoms with van der Waals surface area (Å²) in [7, 11) is 3.20. The van der Waals surface area contributed by atoms with Crippen molar-refractivity contribution in [2.45, 2.75) is 25.4 Å². The van der Waals surface area contributed by atoms with E-state index in [0.717, 1.165) is 48.6 Å². The molecular weight excluding hydrogens is 428 g/mol. The van der Waals surface area contributed by atoms with Crippen LogP contribution in [0.5, 0.6) is 0 Å². The van der Waals surface area contributed by atoms with Crippen molar-refractivity contribution in [1.82, 2.24) is 24.0 Å². The van der Waals surface area contributed by atoms with Crippen LogP contribution in [-0.4, -0.2) is 44.4 Å². The first kappa shape index (κ1) is 22.2. The minimum atomic E-state index is -0.366. The summed E-state index contributed by atoms with van der Waals surface area (Å²) in [5.41, 5.74) is 2.62. The highest BCUT2D eigenvalue weighted by Gasteiger charge is 2.26. The summed E-state index contributed by atoms with van der Waals surface area (Å²) in [6.45, 7) is 2.93. The number of nitrogens with one attached hydrogen (secondary N) is 1. The molecule has 1 aliphatic rings. The first-order valence-corrected chi connectivity index (χ1v) is 11.8. The van der Waals surface area contributed by atoms with Crippen molar-refractivity contribution in [1.29, 1.82) is 0 Å². The van der Waals surface area contributed by atoms with Gasteiger partial charge in [-0.05, 0) is 24.0 Å². The van der Waals surface area contributed by atoms with Crippen LogP contribution in [0.25, 0.3) is 11.2 Å². The molecule has 0 amide bonds. The lowest BCUT2D eigenvalue weighted by Gasteiger charge is -2.34. The van der Waals surface area contributed by atoms with Crippen molar-refractivity contribution in [2.75, 3.05) is 24.5 Å². The summed E-state index contributed by atoms with van der Waals surface area (Å²) >= 11 is 0. The molecule has 8 heteroatoms. The lowest BCUT2D eigenvalue weighted by molar-refractivity contribution is 0.428. The van der Waals surface area contributed by atoms with Gasteiger partial charge in [-0.15, -0.1) is 0 Å². The Balaban J connectivity index is 1.52. The molecular formula is C26H30N6O2. The van der Waals surface area contributed by atoms with Crippen LogP contribution >= 0.6 is 0 Å². The van der Waals surface area contributed by atoms with E-state index < -0.39 is 0 Å². The third-order valence-electron chi connectivity index (χ3n) is 6.67. The van der Waals surface area contributed by atoms with Gasteiger partial charge in [-0.25, -0.2) is 4.79 Å². The van der Waals surface area contributed by atoms with Gasteiger partial charge in [-0.3, -0.25) is 18.5 Å². The standard InChI is InChI=1S/C26H30N6O2/c1-29-23-22(24(33)30(2)26(29)34)32(17-20-11-7-4-8-12-20)25(28-23)31-16-15-27-21(18-31)14-13-19-9-5-3-6-10-19/h3-12,21,27H,13-18H2,1-2H3. The van der Waals surface area contributed by atoms with Crippen molar-refractivity contribution < 1.29 is 0 Å². The van der Waals surface area contributed by atoms with Crippen LogP contribution in [0.4, 0.5) is 5.95 Å². The molecule has 3 heterocycles. The normalized spacial score (nSPS) is 16.3. The topological polar surface area (TPSA) is 77.1 Å². The zero-order valence-corrected chi connectivity index (χ0v) is 19.6. The van der Waals surface area contributed by atoms with E-state index >= 15 is 0 Å². The monoisotopic (exact) mass is 458 g/mol. The molecule has 5 rings (SSSR count). The SMILES string of the molecule is Cn1c(=O)c2c(nc(N3CCNC(CCc4ccccc4)C3)n2Cc2ccccc2)n(C)c1=O. The first-order chi connectivity index (χ1) is 16.5. The van der Waals surface area contributed by atoms with Gasteiger partial charge in [0.1, 0.15) is 0 Å². The van der Waals surface area contributed by atoms with Gasteiger partial charge < -0.3 is 10.2 Å². The Kier molecular flexibility index (Phi) is 6.06. The molecule has 176 valence electrons. The number of hydrogen-bond donors (Lipinski definition) is 1. The number of piperazine rings is 1. The summed E-state index contributed by atoms with van der Waals surface area (Å²) in [4.78, 5) is 32.9. The highest BCUT2D eigenvalue weighted by atomic mass is 16.2. The summed E-state index contributed by atoms with van der Waals surface area (Å²) in [6.07, 6.45) is 2.02. The van der Waals surface area contributed by atoms with Crippen molar-refractivity contribution >= 4 is 17.1 Å². The van der Waals surface area contributed by atoms with Crippen molar-refractivity contribution in [3.63, 3.8) is 0 Å². The molecule has 1 aliphatic heterocycles. The van der Waals surface area contributed by atoms with E-state index in [9.17, 15) is 9.59 Å². The molecule has 0 saturated carbocycles. The van der Waals surface area contributed by atoms with E-state index in [1.54, 1.807) is 7.05 Å². The fraction of sp³-hybridized carbons (Fsp3) is 0.346. The molecule has 34 heavy (non-hydrogen) atoms. The number of aryl methyl sites for hydroxylation is 2. The second-order valence-electron chi connectivity index (χ2n) is 8.98. The maximum Gasteiger partial charge on any atom is 0.332 e.